The van der Waals surface area contributed by atoms with Crippen molar-refractivity contribution in [3.8, 4) is 11.1 Å². The van der Waals surface area contributed by atoms with Crippen LogP contribution < -0.4 is 4.90 Å². The molecule has 0 bridgehead atoms. The molecule has 1 saturated heterocycles. The van der Waals surface area contributed by atoms with E-state index in [2.05, 4.69) is 27.0 Å². The second-order valence-corrected chi connectivity index (χ2v) is 6.58. The van der Waals surface area contributed by atoms with Gasteiger partial charge in [-0.3, -0.25) is 19.6 Å². The van der Waals surface area contributed by atoms with Crippen molar-refractivity contribution in [2.45, 2.75) is 19.4 Å². The number of aromatic nitrogens is 2. The summed E-state index contributed by atoms with van der Waals surface area (Å²) in [5.41, 5.74) is 4.47. The number of morpholine rings is 1. The van der Waals surface area contributed by atoms with Crippen molar-refractivity contribution in [2.24, 2.45) is 0 Å². The zero-order valence-corrected chi connectivity index (χ0v) is 14.2. The third-order valence-electron chi connectivity index (χ3n) is 4.83. The lowest BCUT2D eigenvalue weighted by molar-refractivity contribution is -0.107. The summed E-state index contributed by atoms with van der Waals surface area (Å²) in [5.74, 6) is 0.794. The third-order valence-corrected chi connectivity index (χ3v) is 4.83. The molecule has 2 aliphatic rings. The summed E-state index contributed by atoms with van der Waals surface area (Å²) in [6.07, 6.45) is 8.46. The Morgan fingerprint density at radius 1 is 1.08 bits per heavy atom. The molecule has 1 amide bonds. The Morgan fingerprint density at radius 2 is 1.92 bits per heavy atom. The molecule has 25 heavy (non-hydrogen) atoms. The number of amides is 1. The van der Waals surface area contributed by atoms with E-state index in [0.717, 1.165) is 81.2 Å². The van der Waals surface area contributed by atoms with Crippen LogP contribution in [0.25, 0.3) is 11.1 Å². The van der Waals surface area contributed by atoms with Gasteiger partial charge in [-0.15, -0.1) is 0 Å². The highest BCUT2D eigenvalue weighted by Gasteiger charge is 2.18. The summed E-state index contributed by atoms with van der Waals surface area (Å²) in [6, 6.07) is 4.33. The Hall–Kier alpha value is -2.31. The first-order valence-electron chi connectivity index (χ1n) is 8.79. The molecule has 0 N–H and O–H groups in total. The normalized spacial score (nSPS) is 18.0. The first-order valence-corrected chi connectivity index (χ1v) is 8.79. The Balaban J connectivity index is 1.57. The van der Waals surface area contributed by atoms with Gasteiger partial charge in [-0.1, -0.05) is 0 Å². The number of rotatable bonds is 4. The number of carbonyl (C=O) groups is 1. The van der Waals surface area contributed by atoms with Crippen molar-refractivity contribution in [2.75, 3.05) is 37.7 Å². The standard InChI is InChI=1S/C19H22N4O2/c24-14-23-3-1-2-16-9-18(12-21-19(16)23)17-8-15(10-20-11-17)13-22-4-6-25-7-5-22/h8-12,14H,1-7,13H2. The van der Waals surface area contributed by atoms with Crippen molar-refractivity contribution in [1.82, 2.24) is 14.9 Å². The van der Waals surface area contributed by atoms with Gasteiger partial charge in [-0.2, -0.15) is 0 Å². The Kier molecular flexibility index (Phi) is 4.72. The molecule has 0 saturated carbocycles. The topological polar surface area (TPSA) is 58.6 Å². The molecule has 0 radical (unpaired) electrons. The predicted octanol–water partition coefficient (Wildman–Crippen LogP) is 1.88. The number of fused-ring (bicyclic) bond motifs is 1. The van der Waals surface area contributed by atoms with Crippen LogP contribution in [0.15, 0.2) is 30.7 Å². The van der Waals surface area contributed by atoms with E-state index in [1.807, 2.05) is 18.6 Å². The minimum atomic E-state index is 0.749. The minimum absolute atomic E-state index is 0.749. The molecule has 0 spiro atoms. The molecular formula is C19H22N4O2. The molecule has 130 valence electrons. The summed E-state index contributed by atoms with van der Waals surface area (Å²) in [6.45, 7) is 5.17. The van der Waals surface area contributed by atoms with Gasteiger partial charge in [0.25, 0.3) is 0 Å². The third kappa shape index (κ3) is 3.55. The van der Waals surface area contributed by atoms with Gasteiger partial charge < -0.3 is 4.74 Å². The van der Waals surface area contributed by atoms with Crippen molar-refractivity contribution < 1.29 is 9.53 Å². The van der Waals surface area contributed by atoms with Crippen molar-refractivity contribution in [1.29, 1.82) is 0 Å². The van der Waals surface area contributed by atoms with E-state index in [1.165, 1.54) is 5.56 Å². The second-order valence-electron chi connectivity index (χ2n) is 6.58. The van der Waals surface area contributed by atoms with E-state index < -0.39 is 0 Å². The fraction of sp³-hybridized carbons (Fsp3) is 0.421. The van der Waals surface area contributed by atoms with Crippen molar-refractivity contribution >= 4 is 12.2 Å². The summed E-state index contributed by atoms with van der Waals surface area (Å²) in [5, 5.41) is 0. The average molecular weight is 338 g/mol. The van der Waals surface area contributed by atoms with E-state index in [1.54, 1.807) is 4.90 Å². The van der Waals surface area contributed by atoms with Crippen LogP contribution in [0.4, 0.5) is 5.82 Å². The summed E-state index contributed by atoms with van der Waals surface area (Å²) in [7, 11) is 0. The van der Waals surface area contributed by atoms with Crippen molar-refractivity contribution in [3.05, 3.63) is 41.9 Å². The number of carbonyl (C=O) groups excluding carboxylic acids is 1. The smallest absolute Gasteiger partial charge is 0.215 e. The van der Waals surface area contributed by atoms with Gasteiger partial charge in [0.1, 0.15) is 5.82 Å². The number of pyridine rings is 2. The highest BCUT2D eigenvalue weighted by Crippen LogP contribution is 2.28. The van der Waals surface area contributed by atoms with Gasteiger partial charge in [-0.05, 0) is 36.1 Å². The number of nitrogens with zero attached hydrogens (tertiary/aromatic N) is 4. The largest absolute Gasteiger partial charge is 0.379 e. The maximum absolute atomic E-state index is 11.2. The molecule has 0 aromatic carbocycles. The van der Waals surface area contributed by atoms with Crippen LogP contribution in [0.2, 0.25) is 0 Å². The van der Waals surface area contributed by atoms with Crippen molar-refractivity contribution in [3.63, 3.8) is 0 Å². The quantitative estimate of drug-likeness (QED) is 0.797. The zero-order valence-electron chi connectivity index (χ0n) is 14.2. The molecule has 0 atom stereocenters. The van der Waals surface area contributed by atoms with Crippen LogP contribution in [0.1, 0.15) is 17.5 Å². The summed E-state index contributed by atoms with van der Waals surface area (Å²) in [4.78, 5) is 24.2. The van der Waals surface area contributed by atoms with E-state index in [-0.39, 0.29) is 0 Å². The number of ether oxygens (including phenoxy) is 1. The van der Waals surface area contributed by atoms with Crippen LogP contribution >= 0.6 is 0 Å². The predicted molar refractivity (Wildman–Crippen MR) is 95.3 cm³/mol. The molecule has 1 fully saturated rings. The highest BCUT2D eigenvalue weighted by atomic mass is 16.5. The first kappa shape index (κ1) is 16.2. The Morgan fingerprint density at radius 3 is 2.76 bits per heavy atom. The molecule has 2 aliphatic heterocycles. The average Bonchev–Trinajstić information content (AvgIpc) is 2.68. The van der Waals surface area contributed by atoms with Gasteiger partial charge in [-0.25, -0.2) is 4.98 Å². The van der Waals surface area contributed by atoms with Gasteiger partial charge >= 0.3 is 0 Å². The molecule has 0 aliphatic carbocycles. The molecule has 4 heterocycles. The summed E-state index contributed by atoms with van der Waals surface area (Å²) < 4.78 is 5.41. The molecule has 4 rings (SSSR count). The molecule has 0 unspecified atom stereocenters. The number of anilines is 1. The van der Waals surface area contributed by atoms with E-state index in [9.17, 15) is 4.79 Å². The lowest BCUT2D eigenvalue weighted by Crippen LogP contribution is -2.35. The Labute approximate surface area is 147 Å². The van der Waals surface area contributed by atoms with E-state index in [4.69, 9.17) is 4.74 Å². The molecule has 2 aromatic heterocycles. The maximum Gasteiger partial charge on any atom is 0.215 e. The SMILES string of the molecule is O=CN1CCCc2cc(-c3cncc(CN4CCOCC4)c3)cnc21. The van der Waals surface area contributed by atoms with Crippen LogP contribution in [0.5, 0.6) is 0 Å². The molecule has 2 aromatic rings. The molecular weight excluding hydrogens is 316 g/mol. The number of aryl methyl sites for hydroxylation is 1. The van der Waals surface area contributed by atoms with Gasteiger partial charge in [0, 0.05) is 55.9 Å². The van der Waals surface area contributed by atoms with E-state index >= 15 is 0 Å². The lowest BCUT2D eigenvalue weighted by Gasteiger charge is -2.26. The van der Waals surface area contributed by atoms with Gasteiger partial charge in [0.15, 0.2) is 0 Å². The first-order chi connectivity index (χ1) is 12.3. The van der Waals surface area contributed by atoms with Crippen LogP contribution in [0.3, 0.4) is 0 Å². The van der Waals surface area contributed by atoms with Crippen LogP contribution in [-0.2, 0) is 22.5 Å². The second kappa shape index (κ2) is 7.29. The number of hydrogen-bond acceptors (Lipinski definition) is 5. The van der Waals surface area contributed by atoms with Crippen LogP contribution in [-0.4, -0.2) is 54.1 Å². The lowest BCUT2D eigenvalue weighted by atomic mass is 10.0. The van der Waals surface area contributed by atoms with Crippen LogP contribution in [0, 0.1) is 0 Å². The summed E-state index contributed by atoms with van der Waals surface area (Å²) >= 11 is 0. The monoisotopic (exact) mass is 338 g/mol. The fourth-order valence-electron chi connectivity index (χ4n) is 3.50. The zero-order chi connectivity index (χ0) is 17.1. The highest BCUT2D eigenvalue weighted by molar-refractivity contribution is 5.77. The molecule has 6 nitrogen and oxygen atoms in total. The van der Waals surface area contributed by atoms with E-state index in [0.29, 0.717) is 0 Å². The number of hydrogen-bond donors (Lipinski definition) is 0. The Bertz CT molecular complexity index is 759. The van der Waals surface area contributed by atoms with Gasteiger partial charge in [0.2, 0.25) is 6.41 Å². The molecule has 6 heteroatoms. The van der Waals surface area contributed by atoms with Gasteiger partial charge in [0.05, 0.1) is 13.2 Å². The maximum atomic E-state index is 11.2. The minimum Gasteiger partial charge on any atom is -0.379 e. The fourth-order valence-corrected chi connectivity index (χ4v) is 3.50.